The first-order valence-corrected chi connectivity index (χ1v) is 7.66. The second-order valence-electron chi connectivity index (χ2n) is 4.23. The highest BCUT2D eigenvalue weighted by Gasteiger charge is 2.08. The van der Waals surface area contributed by atoms with Crippen molar-refractivity contribution in [1.29, 1.82) is 0 Å². The van der Waals surface area contributed by atoms with E-state index in [2.05, 4.69) is 31.9 Å². The summed E-state index contributed by atoms with van der Waals surface area (Å²) in [5, 5.41) is 0. The molecule has 0 spiro atoms. The summed E-state index contributed by atoms with van der Waals surface area (Å²) in [6, 6.07) is 11.8. The van der Waals surface area contributed by atoms with Gasteiger partial charge in [-0.05, 0) is 55.1 Å². The van der Waals surface area contributed by atoms with Crippen LogP contribution in [0.2, 0.25) is 0 Å². The van der Waals surface area contributed by atoms with E-state index < -0.39 is 0 Å². The maximum Gasteiger partial charge on any atom is 0.135 e. The number of benzene rings is 2. The minimum atomic E-state index is 0.491. The van der Waals surface area contributed by atoms with Gasteiger partial charge in [-0.2, -0.15) is 0 Å². The SMILES string of the molecule is COc1cc(Br)c(OCc2cccc(CN)c2)cc1Br. The lowest BCUT2D eigenvalue weighted by atomic mass is 10.1. The van der Waals surface area contributed by atoms with Crippen LogP contribution in [0.3, 0.4) is 0 Å². The number of halogens is 2. The second-order valence-corrected chi connectivity index (χ2v) is 5.94. The fourth-order valence-corrected chi connectivity index (χ4v) is 2.71. The Balaban J connectivity index is 2.12. The van der Waals surface area contributed by atoms with Gasteiger partial charge in [0.2, 0.25) is 0 Å². The average Bonchev–Trinajstić information content (AvgIpc) is 2.48. The maximum absolute atomic E-state index is 5.83. The first-order valence-electron chi connectivity index (χ1n) is 6.07. The van der Waals surface area contributed by atoms with Crippen LogP contribution in [0.5, 0.6) is 11.5 Å². The molecular weight excluding hydrogens is 386 g/mol. The predicted molar refractivity (Wildman–Crippen MR) is 87.1 cm³/mol. The van der Waals surface area contributed by atoms with E-state index >= 15 is 0 Å². The Hall–Kier alpha value is -1.04. The summed E-state index contributed by atoms with van der Waals surface area (Å²) in [5.41, 5.74) is 7.82. The molecule has 3 nitrogen and oxygen atoms in total. The van der Waals surface area contributed by atoms with Crippen molar-refractivity contribution in [2.75, 3.05) is 7.11 Å². The molecule has 0 saturated heterocycles. The lowest BCUT2D eigenvalue weighted by Crippen LogP contribution is -2.00. The monoisotopic (exact) mass is 399 g/mol. The maximum atomic E-state index is 5.83. The fraction of sp³-hybridized carbons (Fsp3) is 0.200. The lowest BCUT2D eigenvalue weighted by molar-refractivity contribution is 0.303. The third kappa shape index (κ3) is 3.75. The Labute approximate surface area is 135 Å². The van der Waals surface area contributed by atoms with E-state index in [0.717, 1.165) is 31.6 Å². The van der Waals surface area contributed by atoms with Crippen LogP contribution in [0, 0.1) is 0 Å². The Kier molecular flexibility index (Phi) is 5.46. The Morgan fingerprint density at radius 3 is 2.35 bits per heavy atom. The zero-order valence-electron chi connectivity index (χ0n) is 11.0. The Bertz CT molecular complexity index is 602. The van der Waals surface area contributed by atoms with Gasteiger partial charge in [0.1, 0.15) is 18.1 Å². The van der Waals surface area contributed by atoms with Crippen molar-refractivity contribution >= 4 is 31.9 Å². The van der Waals surface area contributed by atoms with Crippen LogP contribution in [0.25, 0.3) is 0 Å². The number of methoxy groups -OCH3 is 1. The highest BCUT2D eigenvalue weighted by atomic mass is 79.9. The highest BCUT2D eigenvalue weighted by molar-refractivity contribution is 9.11. The molecule has 0 amide bonds. The summed E-state index contributed by atoms with van der Waals surface area (Å²) in [4.78, 5) is 0. The van der Waals surface area contributed by atoms with E-state index in [1.165, 1.54) is 0 Å². The molecule has 0 radical (unpaired) electrons. The van der Waals surface area contributed by atoms with Crippen molar-refractivity contribution in [3.05, 3.63) is 56.5 Å². The van der Waals surface area contributed by atoms with Crippen molar-refractivity contribution in [2.24, 2.45) is 5.73 Å². The number of nitrogens with two attached hydrogens (primary N) is 1. The van der Waals surface area contributed by atoms with Gasteiger partial charge >= 0.3 is 0 Å². The number of ether oxygens (including phenoxy) is 2. The normalized spacial score (nSPS) is 10.4. The van der Waals surface area contributed by atoms with E-state index in [0.29, 0.717) is 13.2 Å². The van der Waals surface area contributed by atoms with Crippen molar-refractivity contribution in [3.8, 4) is 11.5 Å². The molecule has 0 unspecified atom stereocenters. The molecule has 2 aromatic rings. The fourth-order valence-electron chi connectivity index (χ4n) is 1.78. The molecule has 0 heterocycles. The first-order chi connectivity index (χ1) is 9.63. The van der Waals surface area contributed by atoms with Crippen LogP contribution in [-0.2, 0) is 13.2 Å². The van der Waals surface area contributed by atoms with Gasteiger partial charge in [-0.15, -0.1) is 0 Å². The van der Waals surface area contributed by atoms with Crippen LogP contribution in [-0.4, -0.2) is 7.11 Å². The van der Waals surface area contributed by atoms with Gasteiger partial charge in [-0.25, -0.2) is 0 Å². The van der Waals surface area contributed by atoms with Crippen LogP contribution in [0.4, 0.5) is 0 Å². The zero-order chi connectivity index (χ0) is 14.5. The van der Waals surface area contributed by atoms with Gasteiger partial charge in [-0.3, -0.25) is 0 Å². The minimum absolute atomic E-state index is 0.491. The quantitative estimate of drug-likeness (QED) is 0.815. The third-order valence-electron chi connectivity index (χ3n) is 2.83. The van der Waals surface area contributed by atoms with E-state index in [9.17, 15) is 0 Å². The summed E-state index contributed by atoms with van der Waals surface area (Å²) in [7, 11) is 1.63. The smallest absolute Gasteiger partial charge is 0.135 e. The Morgan fingerprint density at radius 2 is 1.65 bits per heavy atom. The number of rotatable bonds is 5. The molecule has 0 atom stereocenters. The molecule has 5 heteroatoms. The van der Waals surface area contributed by atoms with Crippen molar-refractivity contribution in [3.63, 3.8) is 0 Å². The first kappa shape index (κ1) is 15.4. The van der Waals surface area contributed by atoms with Gasteiger partial charge in [0.05, 0.1) is 16.1 Å². The van der Waals surface area contributed by atoms with Gasteiger partial charge in [0, 0.05) is 6.54 Å². The molecule has 106 valence electrons. The molecule has 0 fully saturated rings. The molecule has 2 N–H and O–H groups in total. The van der Waals surface area contributed by atoms with Gasteiger partial charge in [0.25, 0.3) is 0 Å². The largest absolute Gasteiger partial charge is 0.496 e. The van der Waals surface area contributed by atoms with Crippen LogP contribution >= 0.6 is 31.9 Å². The van der Waals surface area contributed by atoms with Gasteiger partial charge in [0.15, 0.2) is 0 Å². The second kappa shape index (κ2) is 7.11. The number of hydrogen-bond acceptors (Lipinski definition) is 3. The predicted octanol–water partition coefficient (Wildman–Crippen LogP) is 4.26. The topological polar surface area (TPSA) is 44.5 Å². The van der Waals surface area contributed by atoms with Crippen LogP contribution in [0.1, 0.15) is 11.1 Å². The minimum Gasteiger partial charge on any atom is -0.496 e. The van der Waals surface area contributed by atoms with Gasteiger partial charge < -0.3 is 15.2 Å². The van der Waals surface area contributed by atoms with Gasteiger partial charge in [-0.1, -0.05) is 24.3 Å². The van der Waals surface area contributed by atoms with E-state index in [4.69, 9.17) is 15.2 Å². The van der Waals surface area contributed by atoms with Crippen molar-refractivity contribution in [2.45, 2.75) is 13.2 Å². The molecule has 0 aliphatic carbocycles. The van der Waals surface area contributed by atoms with E-state index in [-0.39, 0.29) is 0 Å². The third-order valence-corrected chi connectivity index (χ3v) is 4.07. The summed E-state index contributed by atoms with van der Waals surface area (Å²) in [5.74, 6) is 1.52. The molecule has 0 aliphatic heterocycles. The molecular formula is C15H15Br2NO2. The summed E-state index contributed by atoms with van der Waals surface area (Å²) >= 11 is 6.93. The average molecular weight is 401 g/mol. The molecule has 2 aromatic carbocycles. The molecule has 20 heavy (non-hydrogen) atoms. The summed E-state index contributed by atoms with van der Waals surface area (Å²) in [6.45, 7) is 1.02. The highest BCUT2D eigenvalue weighted by Crippen LogP contribution is 2.36. The molecule has 0 saturated carbocycles. The molecule has 0 bridgehead atoms. The summed E-state index contributed by atoms with van der Waals surface area (Å²) in [6.07, 6.45) is 0. The standard InChI is InChI=1S/C15H15Br2NO2/c1-19-14-6-13(17)15(7-12(14)16)20-9-11-4-2-3-10(5-11)8-18/h2-7H,8-9,18H2,1H3. The van der Waals surface area contributed by atoms with Crippen molar-refractivity contribution < 1.29 is 9.47 Å². The van der Waals surface area contributed by atoms with Crippen molar-refractivity contribution in [1.82, 2.24) is 0 Å². The van der Waals surface area contributed by atoms with Crippen LogP contribution < -0.4 is 15.2 Å². The molecule has 0 aromatic heterocycles. The Morgan fingerprint density at radius 1 is 1.00 bits per heavy atom. The number of hydrogen-bond donors (Lipinski definition) is 1. The lowest BCUT2D eigenvalue weighted by Gasteiger charge is -2.11. The summed E-state index contributed by atoms with van der Waals surface area (Å²) < 4.78 is 12.8. The van der Waals surface area contributed by atoms with E-state index in [1.54, 1.807) is 7.11 Å². The van der Waals surface area contributed by atoms with E-state index in [1.807, 2.05) is 36.4 Å². The molecule has 2 rings (SSSR count). The van der Waals surface area contributed by atoms with Crippen LogP contribution in [0.15, 0.2) is 45.3 Å². The molecule has 0 aliphatic rings. The zero-order valence-corrected chi connectivity index (χ0v) is 14.2.